The Morgan fingerprint density at radius 1 is 1.15 bits per heavy atom. The number of benzene rings is 1. The molecule has 9 nitrogen and oxygen atoms in total. The van der Waals surface area contributed by atoms with Gasteiger partial charge in [-0.15, -0.1) is 10.2 Å². The highest BCUT2D eigenvalue weighted by Crippen LogP contribution is 2.29. The average Bonchev–Trinajstić information content (AvgIpc) is 3.51. The summed E-state index contributed by atoms with van der Waals surface area (Å²) in [5.41, 5.74) is 2.31. The standard InChI is InChI=1S/C24H24N6O3/c1-16-8-9-17(13-25-16)22-27-28-23(33-22)18-10-12-29(14-18)21(31)7-4-11-30-15-26-20-6-3-2-5-19(20)24(30)32/h2-3,5-6,8-9,13,15,18H,4,7,10-12,14H2,1H3. The molecule has 0 N–H and O–H groups in total. The zero-order valence-corrected chi connectivity index (χ0v) is 18.3. The van der Waals surface area contributed by atoms with Crippen molar-refractivity contribution in [1.29, 1.82) is 0 Å². The summed E-state index contributed by atoms with van der Waals surface area (Å²) in [6, 6.07) is 11.1. The van der Waals surface area contributed by atoms with Crippen molar-refractivity contribution in [2.75, 3.05) is 13.1 Å². The van der Waals surface area contributed by atoms with E-state index in [4.69, 9.17) is 4.42 Å². The van der Waals surface area contributed by atoms with Gasteiger partial charge in [-0.1, -0.05) is 12.1 Å². The zero-order chi connectivity index (χ0) is 22.8. The molecule has 1 saturated heterocycles. The topological polar surface area (TPSA) is 107 Å². The van der Waals surface area contributed by atoms with Crippen molar-refractivity contribution in [3.8, 4) is 11.5 Å². The Bertz CT molecular complexity index is 1340. The van der Waals surface area contributed by atoms with Gasteiger partial charge in [0, 0.05) is 37.9 Å². The molecule has 0 radical (unpaired) electrons. The molecule has 4 aromatic rings. The predicted molar refractivity (Wildman–Crippen MR) is 121 cm³/mol. The number of carbonyl (C=O) groups is 1. The Kier molecular flexibility index (Phi) is 5.68. The number of nitrogens with zero attached hydrogens (tertiary/aromatic N) is 6. The van der Waals surface area contributed by atoms with Crippen LogP contribution in [0.5, 0.6) is 0 Å². The maximum atomic E-state index is 12.7. The molecule has 1 aliphatic heterocycles. The van der Waals surface area contributed by atoms with Crippen LogP contribution in [0.4, 0.5) is 0 Å². The number of carbonyl (C=O) groups excluding carboxylic acids is 1. The number of pyridine rings is 1. The molecular formula is C24H24N6O3. The number of aromatic nitrogens is 5. The van der Waals surface area contributed by atoms with Crippen molar-refractivity contribution in [3.63, 3.8) is 0 Å². The van der Waals surface area contributed by atoms with Gasteiger partial charge in [-0.3, -0.25) is 19.1 Å². The van der Waals surface area contributed by atoms with Crippen LogP contribution < -0.4 is 5.56 Å². The van der Waals surface area contributed by atoms with Gasteiger partial charge in [-0.2, -0.15) is 0 Å². The van der Waals surface area contributed by atoms with Crippen LogP contribution in [0.25, 0.3) is 22.4 Å². The van der Waals surface area contributed by atoms with Gasteiger partial charge in [0.15, 0.2) is 0 Å². The molecule has 168 valence electrons. The smallest absolute Gasteiger partial charge is 0.261 e. The van der Waals surface area contributed by atoms with E-state index in [-0.39, 0.29) is 17.4 Å². The number of amides is 1. The van der Waals surface area contributed by atoms with Crippen LogP contribution in [0.1, 0.15) is 36.8 Å². The fourth-order valence-electron chi connectivity index (χ4n) is 4.12. The predicted octanol–water partition coefficient (Wildman–Crippen LogP) is 2.95. The summed E-state index contributed by atoms with van der Waals surface area (Å²) in [5, 5.41) is 8.94. The normalized spacial score (nSPS) is 15.9. The quantitative estimate of drug-likeness (QED) is 0.450. The lowest BCUT2D eigenvalue weighted by Gasteiger charge is -2.16. The van der Waals surface area contributed by atoms with Crippen LogP contribution in [-0.2, 0) is 11.3 Å². The summed E-state index contributed by atoms with van der Waals surface area (Å²) < 4.78 is 7.44. The number of fused-ring (bicyclic) bond motifs is 1. The van der Waals surface area contributed by atoms with E-state index < -0.39 is 0 Å². The van der Waals surface area contributed by atoms with Gasteiger partial charge in [-0.05, 0) is 44.0 Å². The van der Waals surface area contributed by atoms with Gasteiger partial charge >= 0.3 is 0 Å². The first-order valence-corrected chi connectivity index (χ1v) is 11.1. The number of hydrogen-bond acceptors (Lipinski definition) is 7. The first-order chi connectivity index (χ1) is 16.1. The Hall–Kier alpha value is -3.88. The van der Waals surface area contributed by atoms with E-state index in [1.165, 1.54) is 0 Å². The molecule has 0 spiro atoms. The third kappa shape index (κ3) is 4.39. The number of para-hydroxylation sites is 1. The van der Waals surface area contributed by atoms with Gasteiger partial charge < -0.3 is 9.32 Å². The van der Waals surface area contributed by atoms with Crippen molar-refractivity contribution < 1.29 is 9.21 Å². The Balaban J connectivity index is 1.16. The summed E-state index contributed by atoms with van der Waals surface area (Å²) >= 11 is 0. The molecule has 3 aromatic heterocycles. The number of rotatable bonds is 6. The number of hydrogen-bond donors (Lipinski definition) is 0. The van der Waals surface area contributed by atoms with E-state index >= 15 is 0 Å². The molecule has 1 unspecified atom stereocenters. The summed E-state index contributed by atoms with van der Waals surface area (Å²) in [4.78, 5) is 35.7. The molecule has 9 heteroatoms. The Morgan fingerprint density at radius 3 is 2.88 bits per heavy atom. The van der Waals surface area contributed by atoms with Crippen molar-refractivity contribution in [1.82, 2.24) is 29.6 Å². The lowest BCUT2D eigenvalue weighted by atomic mass is 10.1. The lowest BCUT2D eigenvalue weighted by molar-refractivity contribution is -0.130. The second kappa shape index (κ2) is 8.93. The van der Waals surface area contributed by atoms with Crippen molar-refractivity contribution in [2.24, 2.45) is 0 Å². The maximum Gasteiger partial charge on any atom is 0.261 e. The van der Waals surface area contributed by atoms with E-state index in [2.05, 4.69) is 20.2 Å². The molecular weight excluding hydrogens is 420 g/mol. The molecule has 1 atom stereocenters. The van der Waals surface area contributed by atoms with Crippen LogP contribution in [0.2, 0.25) is 0 Å². The largest absolute Gasteiger partial charge is 0.420 e. The van der Waals surface area contributed by atoms with Crippen molar-refractivity contribution in [3.05, 3.63) is 70.9 Å². The minimum Gasteiger partial charge on any atom is -0.420 e. The first-order valence-electron chi connectivity index (χ1n) is 11.1. The molecule has 1 amide bonds. The van der Waals surface area contributed by atoms with Crippen molar-refractivity contribution in [2.45, 2.75) is 38.6 Å². The molecule has 0 aliphatic carbocycles. The second-order valence-electron chi connectivity index (χ2n) is 8.32. The van der Waals surface area contributed by atoms with Crippen LogP contribution in [-0.4, -0.2) is 48.6 Å². The Labute approximate surface area is 190 Å². The monoisotopic (exact) mass is 444 g/mol. The van der Waals surface area contributed by atoms with Crippen LogP contribution in [0, 0.1) is 6.92 Å². The van der Waals surface area contributed by atoms with Gasteiger partial charge in [0.2, 0.25) is 17.7 Å². The Morgan fingerprint density at radius 2 is 2.03 bits per heavy atom. The lowest BCUT2D eigenvalue weighted by Crippen LogP contribution is -2.29. The molecule has 1 fully saturated rings. The summed E-state index contributed by atoms with van der Waals surface area (Å²) in [6.07, 6.45) is 5.00. The minimum absolute atomic E-state index is 0.0286. The van der Waals surface area contributed by atoms with Gasteiger partial charge in [-0.25, -0.2) is 4.98 Å². The molecule has 33 heavy (non-hydrogen) atoms. The zero-order valence-electron chi connectivity index (χ0n) is 18.3. The summed E-state index contributed by atoms with van der Waals surface area (Å²) in [7, 11) is 0. The van der Waals surface area contributed by atoms with E-state index in [9.17, 15) is 9.59 Å². The van der Waals surface area contributed by atoms with Crippen LogP contribution in [0.15, 0.2) is 58.1 Å². The molecule has 0 bridgehead atoms. The highest BCUT2D eigenvalue weighted by Gasteiger charge is 2.30. The van der Waals surface area contributed by atoms with E-state index in [0.29, 0.717) is 55.2 Å². The van der Waals surface area contributed by atoms with Crippen molar-refractivity contribution >= 4 is 16.8 Å². The molecule has 0 saturated carbocycles. The third-order valence-electron chi connectivity index (χ3n) is 6.01. The molecule has 1 aliphatic rings. The highest BCUT2D eigenvalue weighted by atomic mass is 16.4. The summed E-state index contributed by atoms with van der Waals surface area (Å²) in [5.74, 6) is 1.09. The molecule has 4 heterocycles. The SMILES string of the molecule is Cc1ccc(-c2nnc(C3CCN(C(=O)CCCn4cnc5ccccc5c4=O)C3)o2)cn1. The highest BCUT2D eigenvalue weighted by molar-refractivity contribution is 5.77. The average molecular weight is 444 g/mol. The van der Waals surface area contributed by atoms with E-state index in [0.717, 1.165) is 17.7 Å². The first kappa shape index (κ1) is 21.0. The van der Waals surface area contributed by atoms with Gasteiger partial charge in [0.05, 0.1) is 28.7 Å². The third-order valence-corrected chi connectivity index (χ3v) is 6.01. The van der Waals surface area contributed by atoms with Crippen LogP contribution in [0.3, 0.4) is 0 Å². The van der Waals surface area contributed by atoms with E-state index in [1.54, 1.807) is 23.2 Å². The number of likely N-dealkylation sites (tertiary alicyclic amines) is 1. The fourth-order valence-corrected chi connectivity index (χ4v) is 4.12. The van der Waals surface area contributed by atoms with Gasteiger partial charge in [0.1, 0.15) is 0 Å². The molecule has 5 rings (SSSR count). The minimum atomic E-state index is -0.0785. The van der Waals surface area contributed by atoms with E-state index in [1.807, 2.05) is 42.2 Å². The number of aryl methyl sites for hydroxylation is 2. The maximum absolute atomic E-state index is 12.7. The van der Waals surface area contributed by atoms with Gasteiger partial charge in [0.25, 0.3) is 5.56 Å². The van der Waals surface area contributed by atoms with Crippen LogP contribution >= 0.6 is 0 Å². The fraction of sp³-hybridized carbons (Fsp3) is 0.333. The summed E-state index contributed by atoms with van der Waals surface area (Å²) in [6.45, 7) is 3.59. The molecule has 1 aromatic carbocycles. The second-order valence-corrected chi connectivity index (χ2v) is 8.32.